The van der Waals surface area contributed by atoms with Crippen LogP contribution in [-0.2, 0) is 36.5 Å². The zero-order valence-electron chi connectivity index (χ0n) is 21.6. The lowest BCUT2D eigenvalue weighted by molar-refractivity contribution is -0.115. The predicted molar refractivity (Wildman–Crippen MR) is 151 cm³/mol. The Labute approximate surface area is 231 Å². The highest BCUT2D eigenvalue weighted by molar-refractivity contribution is 7.15. The van der Waals surface area contributed by atoms with E-state index in [-0.39, 0.29) is 17.7 Å². The Morgan fingerprint density at radius 3 is 2.57 bits per heavy atom. The van der Waals surface area contributed by atoms with Gasteiger partial charge in [-0.25, -0.2) is 15.0 Å². The van der Waals surface area contributed by atoms with E-state index in [2.05, 4.69) is 41.0 Å². The summed E-state index contributed by atoms with van der Waals surface area (Å²) >= 11 is 13.4. The molecule has 3 aromatic heterocycles. The smallest absolute Gasteiger partial charge is 0.233 e. The van der Waals surface area contributed by atoms with Crippen LogP contribution in [0, 0.1) is 0 Å². The van der Waals surface area contributed by atoms with Crippen LogP contribution in [0.3, 0.4) is 0 Å². The molecule has 8 nitrogen and oxygen atoms in total. The summed E-state index contributed by atoms with van der Waals surface area (Å²) in [6.45, 7) is 7.70. The van der Waals surface area contributed by atoms with Crippen molar-refractivity contribution in [1.82, 2.24) is 19.5 Å². The van der Waals surface area contributed by atoms with Crippen LogP contribution in [0.5, 0.6) is 0 Å². The molecule has 1 amide bonds. The first-order chi connectivity index (χ1) is 17.7. The lowest BCUT2D eigenvalue weighted by Crippen LogP contribution is -2.27. The minimum Gasteiger partial charge on any atom is -0.445 e. The van der Waals surface area contributed by atoms with Crippen LogP contribution in [0.4, 0.5) is 10.8 Å². The van der Waals surface area contributed by atoms with Crippen molar-refractivity contribution in [3.63, 3.8) is 0 Å². The standard InChI is InChI=1S/C26H32Cl2N6O2S/c1-26(2,3)21-16-29-24(36-21)8-6-18-15-30-25(37-18)32-23(35)14-22-31-19-13-17(5-7-20(19)33(22)4)34(11-9-27)12-10-28/h5,7,13,15-16H,6,8-12,14H2,1-4H3,(H,30,32,35). The molecule has 3 heterocycles. The van der Waals surface area contributed by atoms with Gasteiger partial charge in [-0.1, -0.05) is 20.8 Å². The highest BCUT2D eigenvalue weighted by Crippen LogP contribution is 2.25. The van der Waals surface area contributed by atoms with Gasteiger partial charge in [-0.3, -0.25) is 4.79 Å². The number of amides is 1. The van der Waals surface area contributed by atoms with Crippen molar-refractivity contribution in [3.05, 3.63) is 52.9 Å². The molecule has 0 unspecified atom stereocenters. The molecule has 0 bridgehead atoms. The van der Waals surface area contributed by atoms with Crippen LogP contribution >= 0.6 is 34.5 Å². The van der Waals surface area contributed by atoms with Crippen LogP contribution in [0.15, 0.2) is 35.0 Å². The second-order valence-electron chi connectivity index (χ2n) is 9.85. The van der Waals surface area contributed by atoms with Gasteiger partial charge in [0.1, 0.15) is 11.6 Å². The maximum absolute atomic E-state index is 12.8. The van der Waals surface area contributed by atoms with E-state index in [1.807, 2.05) is 29.8 Å². The Morgan fingerprint density at radius 2 is 1.89 bits per heavy atom. The van der Waals surface area contributed by atoms with Gasteiger partial charge in [-0.15, -0.1) is 34.5 Å². The first-order valence-electron chi connectivity index (χ1n) is 12.2. The lowest BCUT2D eigenvalue weighted by Gasteiger charge is -2.22. The van der Waals surface area contributed by atoms with Crippen molar-refractivity contribution < 1.29 is 9.21 Å². The normalized spacial score (nSPS) is 11.8. The molecule has 198 valence electrons. The topological polar surface area (TPSA) is 89.1 Å². The van der Waals surface area contributed by atoms with E-state index < -0.39 is 0 Å². The van der Waals surface area contributed by atoms with Crippen molar-refractivity contribution >= 4 is 62.3 Å². The number of aromatic nitrogens is 4. The first-order valence-corrected chi connectivity index (χ1v) is 14.1. The summed E-state index contributed by atoms with van der Waals surface area (Å²) in [4.78, 5) is 29.4. The van der Waals surface area contributed by atoms with Crippen molar-refractivity contribution in [2.75, 3.05) is 35.1 Å². The Bertz CT molecular complexity index is 1350. The second kappa shape index (κ2) is 11.8. The van der Waals surface area contributed by atoms with Gasteiger partial charge in [-0.05, 0) is 24.6 Å². The average Bonchev–Trinajstić information content (AvgIpc) is 3.57. The van der Waals surface area contributed by atoms with Crippen LogP contribution in [0.25, 0.3) is 11.0 Å². The Hall–Kier alpha value is -2.62. The van der Waals surface area contributed by atoms with Gasteiger partial charge < -0.3 is 19.2 Å². The zero-order chi connectivity index (χ0) is 26.6. The molecular weight excluding hydrogens is 531 g/mol. The van der Waals surface area contributed by atoms with E-state index in [9.17, 15) is 4.79 Å². The lowest BCUT2D eigenvalue weighted by atomic mass is 9.94. The average molecular weight is 564 g/mol. The number of alkyl halides is 2. The molecule has 0 saturated carbocycles. The number of carbonyl (C=O) groups is 1. The van der Waals surface area contributed by atoms with Gasteiger partial charge in [0.15, 0.2) is 11.0 Å². The number of aryl methyl sites for hydroxylation is 3. The third kappa shape index (κ3) is 6.83. The summed E-state index contributed by atoms with van der Waals surface area (Å²) < 4.78 is 7.81. The molecule has 0 radical (unpaired) electrons. The molecule has 37 heavy (non-hydrogen) atoms. The van der Waals surface area contributed by atoms with Crippen LogP contribution < -0.4 is 10.2 Å². The minimum absolute atomic E-state index is 0.0661. The summed E-state index contributed by atoms with van der Waals surface area (Å²) in [7, 11) is 1.92. The fraction of sp³-hybridized carbons (Fsp3) is 0.462. The fourth-order valence-corrected chi connectivity index (χ4v) is 5.19. The molecule has 11 heteroatoms. The predicted octanol–water partition coefficient (Wildman–Crippen LogP) is 5.57. The van der Waals surface area contributed by atoms with Gasteiger partial charge in [0.05, 0.1) is 23.7 Å². The van der Waals surface area contributed by atoms with Gasteiger partial charge in [0, 0.05) is 60.5 Å². The third-order valence-electron chi connectivity index (χ3n) is 6.03. The molecule has 0 aliphatic rings. The molecular formula is C26H32Cl2N6O2S. The molecule has 0 atom stereocenters. The van der Waals surface area contributed by atoms with Crippen molar-refractivity contribution in [2.45, 2.75) is 45.4 Å². The number of imidazole rings is 1. The summed E-state index contributed by atoms with van der Waals surface area (Å²) in [6, 6.07) is 6.06. The van der Waals surface area contributed by atoms with Crippen LogP contribution in [0.1, 0.15) is 43.1 Å². The summed E-state index contributed by atoms with van der Waals surface area (Å²) in [5, 5.41) is 3.48. The summed E-state index contributed by atoms with van der Waals surface area (Å²) in [6.07, 6.45) is 5.16. The van der Waals surface area contributed by atoms with Crippen LogP contribution in [-0.4, -0.2) is 50.3 Å². The fourth-order valence-electron chi connectivity index (χ4n) is 3.96. The quantitative estimate of drug-likeness (QED) is 0.240. The maximum atomic E-state index is 12.8. The van der Waals surface area contributed by atoms with E-state index in [1.165, 1.54) is 11.3 Å². The molecule has 0 aliphatic carbocycles. The third-order valence-corrected chi connectivity index (χ3v) is 7.34. The highest BCUT2D eigenvalue weighted by Gasteiger charge is 2.19. The monoisotopic (exact) mass is 562 g/mol. The summed E-state index contributed by atoms with van der Waals surface area (Å²) in [5.41, 5.74) is 2.73. The van der Waals surface area contributed by atoms with E-state index in [0.29, 0.717) is 48.1 Å². The number of nitrogens with zero attached hydrogens (tertiary/aromatic N) is 5. The number of oxazole rings is 1. The van der Waals surface area contributed by atoms with Crippen molar-refractivity contribution in [2.24, 2.45) is 7.05 Å². The van der Waals surface area contributed by atoms with Gasteiger partial charge in [0.25, 0.3) is 0 Å². The van der Waals surface area contributed by atoms with Crippen molar-refractivity contribution in [3.8, 4) is 0 Å². The minimum atomic E-state index is -0.159. The van der Waals surface area contributed by atoms with Gasteiger partial charge in [-0.2, -0.15) is 0 Å². The Morgan fingerprint density at radius 1 is 1.14 bits per heavy atom. The number of benzene rings is 1. The highest BCUT2D eigenvalue weighted by atomic mass is 35.5. The molecule has 4 rings (SSSR count). The zero-order valence-corrected chi connectivity index (χ0v) is 23.9. The van der Waals surface area contributed by atoms with E-state index in [0.717, 1.165) is 33.8 Å². The van der Waals surface area contributed by atoms with Crippen LogP contribution in [0.2, 0.25) is 0 Å². The molecule has 0 fully saturated rings. The first kappa shape index (κ1) is 27.4. The Balaban J connectivity index is 1.37. The molecule has 1 aromatic carbocycles. The number of rotatable bonds is 11. The van der Waals surface area contributed by atoms with Gasteiger partial charge in [0.2, 0.25) is 5.91 Å². The number of halogens is 2. The number of carbonyl (C=O) groups excluding carboxylic acids is 1. The van der Waals surface area contributed by atoms with Gasteiger partial charge >= 0.3 is 0 Å². The Kier molecular flexibility index (Phi) is 8.77. The molecule has 0 aliphatic heterocycles. The molecule has 0 spiro atoms. The maximum Gasteiger partial charge on any atom is 0.233 e. The van der Waals surface area contributed by atoms with E-state index in [4.69, 9.17) is 32.6 Å². The number of thiazole rings is 1. The SMILES string of the molecule is Cn1c(CC(=O)Nc2ncc(CCc3ncc(C(C)(C)C)o3)s2)nc2cc(N(CCCl)CCCl)ccc21. The summed E-state index contributed by atoms with van der Waals surface area (Å²) in [5.74, 6) is 3.13. The number of nitrogens with one attached hydrogen (secondary N) is 1. The molecule has 1 N–H and O–H groups in total. The largest absolute Gasteiger partial charge is 0.445 e. The van der Waals surface area contributed by atoms with Crippen molar-refractivity contribution in [1.29, 1.82) is 0 Å². The molecule has 0 saturated heterocycles. The van der Waals surface area contributed by atoms with E-state index >= 15 is 0 Å². The number of anilines is 2. The molecule has 4 aromatic rings. The van der Waals surface area contributed by atoms with E-state index in [1.54, 1.807) is 12.4 Å². The number of fused-ring (bicyclic) bond motifs is 1. The number of hydrogen-bond donors (Lipinski definition) is 1. The number of hydrogen-bond acceptors (Lipinski definition) is 7. The second-order valence-corrected chi connectivity index (χ2v) is 11.7.